The van der Waals surface area contributed by atoms with Crippen LogP contribution in [0.25, 0.3) is 48.6 Å². The van der Waals surface area contributed by atoms with Crippen LogP contribution in [0.15, 0.2) is 73.3 Å². The summed E-state index contributed by atoms with van der Waals surface area (Å²) in [6.45, 7) is 0. The minimum Gasteiger partial charge on any atom is -0.363 e. The normalized spacial score (nSPS) is 11.7. The quantitative estimate of drug-likeness (QED) is 0.139. The van der Waals surface area contributed by atoms with Crippen molar-refractivity contribution in [3.05, 3.63) is 118 Å². The number of aromatic nitrogens is 6. The molecule has 0 atom stereocenters. The summed E-state index contributed by atoms with van der Waals surface area (Å²) in [5.41, 5.74) is 6.68. The second-order valence-electron chi connectivity index (χ2n) is 12.5. The molecule has 0 aliphatic heterocycles. The van der Waals surface area contributed by atoms with Crippen LogP contribution in [-0.2, 0) is 0 Å². The summed E-state index contributed by atoms with van der Waals surface area (Å²) in [6, 6.07) is 16.1. The molecule has 0 unspecified atom stereocenters. The lowest BCUT2D eigenvalue weighted by Gasteiger charge is -2.11. The molecule has 5 aromatic rings. The van der Waals surface area contributed by atoms with Gasteiger partial charge in [0, 0.05) is 81.2 Å². The third-order valence-corrected chi connectivity index (χ3v) is 7.66. The first-order valence-electron chi connectivity index (χ1n) is 16.2. The number of hydrogen-bond acceptors (Lipinski definition) is 10. The Morgan fingerprint density at radius 3 is 0.700 bits per heavy atom. The molecule has 0 spiro atoms. The maximum atomic E-state index is 5.15. The summed E-state index contributed by atoms with van der Waals surface area (Å²) in [6.07, 6.45) is 23.4. The molecule has 0 N–H and O–H groups in total. The second-order valence-corrected chi connectivity index (χ2v) is 12.5. The lowest BCUT2D eigenvalue weighted by atomic mass is 10.1. The fourth-order valence-electron chi connectivity index (χ4n) is 4.72. The third kappa shape index (κ3) is 9.47. The summed E-state index contributed by atoms with van der Waals surface area (Å²) < 4.78 is 0. The molecule has 0 bridgehead atoms. The van der Waals surface area contributed by atoms with Gasteiger partial charge in [0.15, 0.2) is 0 Å². The Labute approximate surface area is 295 Å². The Hall–Kier alpha value is -6.16. The van der Waals surface area contributed by atoms with E-state index in [-0.39, 0.29) is 0 Å². The molecule has 5 aromatic heterocycles. The van der Waals surface area contributed by atoms with Gasteiger partial charge in [0.1, 0.15) is 23.3 Å². The molecule has 0 aliphatic rings. The molecule has 0 radical (unpaired) electrons. The standard InChI is InChI=1S/C40H44N10/c1-47(2)37-21-13-29(25-41-37)9-17-33-34(18-10-30-14-22-38(42-26-30)48(3)4)46-36(20-12-32-16-24-40(44-28-32)50(7)8)35(45-33)19-11-31-15-23-39(43-27-31)49(5)6/h9-28H,1-8H3/b17-9+,18-10+,19-11+,20-12+. The van der Waals surface area contributed by atoms with E-state index in [2.05, 4.69) is 19.9 Å². The van der Waals surface area contributed by atoms with E-state index in [0.29, 0.717) is 22.8 Å². The molecule has 5 heterocycles. The van der Waals surface area contributed by atoms with Gasteiger partial charge < -0.3 is 19.6 Å². The maximum Gasteiger partial charge on any atom is 0.127 e. The Balaban J connectivity index is 1.59. The van der Waals surface area contributed by atoms with Gasteiger partial charge in [0.05, 0.1) is 22.8 Å². The van der Waals surface area contributed by atoms with Crippen LogP contribution in [0.4, 0.5) is 23.3 Å². The Morgan fingerprint density at radius 1 is 0.320 bits per heavy atom. The minimum absolute atomic E-state index is 0.714. The molecule has 0 amide bonds. The molecule has 254 valence electrons. The van der Waals surface area contributed by atoms with Crippen LogP contribution in [0.1, 0.15) is 45.0 Å². The van der Waals surface area contributed by atoms with Crippen molar-refractivity contribution in [2.45, 2.75) is 0 Å². The van der Waals surface area contributed by atoms with Crippen LogP contribution >= 0.6 is 0 Å². The number of anilines is 4. The molecule has 10 nitrogen and oxygen atoms in total. The average molecular weight is 665 g/mol. The van der Waals surface area contributed by atoms with Gasteiger partial charge in [-0.05, 0) is 95.1 Å². The molecule has 0 fully saturated rings. The van der Waals surface area contributed by atoms with E-state index in [9.17, 15) is 0 Å². The molecule has 5 rings (SSSR count). The summed E-state index contributed by atoms with van der Waals surface area (Å²) >= 11 is 0. The van der Waals surface area contributed by atoms with Crippen molar-refractivity contribution in [1.29, 1.82) is 0 Å². The lowest BCUT2D eigenvalue weighted by Crippen LogP contribution is -2.10. The molecule has 0 saturated heterocycles. The van der Waals surface area contributed by atoms with E-state index >= 15 is 0 Å². The number of nitrogens with zero attached hydrogens (tertiary/aromatic N) is 10. The number of pyridine rings is 4. The number of hydrogen-bond donors (Lipinski definition) is 0. The predicted molar refractivity (Wildman–Crippen MR) is 212 cm³/mol. The van der Waals surface area contributed by atoms with Crippen LogP contribution in [0.5, 0.6) is 0 Å². The highest BCUT2D eigenvalue weighted by Crippen LogP contribution is 2.21. The maximum absolute atomic E-state index is 5.15. The first-order chi connectivity index (χ1) is 24.0. The van der Waals surface area contributed by atoms with Gasteiger partial charge in [-0.3, -0.25) is 0 Å². The fraction of sp³-hybridized carbons (Fsp3) is 0.200. The van der Waals surface area contributed by atoms with Crippen molar-refractivity contribution < 1.29 is 0 Å². The smallest absolute Gasteiger partial charge is 0.127 e. The minimum atomic E-state index is 0.714. The third-order valence-electron chi connectivity index (χ3n) is 7.66. The SMILES string of the molecule is CN(C)c1ccc(/C=C/c2nc(/C=C/c3ccc(N(C)C)nc3)c(/C=C/c3ccc(N(C)C)nc3)nc2/C=C/c2ccc(N(C)C)nc2)cn1. The van der Waals surface area contributed by atoms with Crippen molar-refractivity contribution in [3.8, 4) is 0 Å². The summed E-state index contributed by atoms with van der Waals surface area (Å²) in [4.78, 5) is 36.5. The summed E-state index contributed by atoms with van der Waals surface area (Å²) in [7, 11) is 15.8. The molecule has 50 heavy (non-hydrogen) atoms. The topological polar surface area (TPSA) is 90.3 Å². The fourth-order valence-corrected chi connectivity index (χ4v) is 4.72. The first kappa shape index (κ1) is 35.2. The van der Waals surface area contributed by atoms with Crippen LogP contribution in [0.3, 0.4) is 0 Å². The Kier molecular flexibility index (Phi) is 11.5. The van der Waals surface area contributed by atoms with Crippen LogP contribution < -0.4 is 19.6 Å². The van der Waals surface area contributed by atoms with Crippen molar-refractivity contribution in [2.75, 3.05) is 76.0 Å². The van der Waals surface area contributed by atoms with Gasteiger partial charge in [-0.15, -0.1) is 0 Å². The van der Waals surface area contributed by atoms with E-state index in [0.717, 1.165) is 45.5 Å². The predicted octanol–water partition coefficient (Wildman–Crippen LogP) is 7.00. The van der Waals surface area contributed by atoms with Crippen LogP contribution in [0, 0.1) is 0 Å². The van der Waals surface area contributed by atoms with E-state index < -0.39 is 0 Å². The zero-order chi connectivity index (χ0) is 35.6. The van der Waals surface area contributed by atoms with Gasteiger partial charge in [0.25, 0.3) is 0 Å². The van der Waals surface area contributed by atoms with E-state index in [1.165, 1.54) is 0 Å². The molecule has 0 saturated carbocycles. The summed E-state index contributed by atoms with van der Waals surface area (Å²) in [5, 5.41) is 0. The lowest BCUT2D eigenvalue weighted by molar-refractivity contribution is 1.07. The van der Waals surface area contributed by atoms with Crippen molar-refractivity contribution >= 4 is 71.9 Å². The highest BCUT2D eigenvalue weighted by molar-refractivity contribution is 5.81. The van der Waals surface area contributed by atoms with Gasteiger partial charge in [-0.2, -0.15) is 0 Å². The highest BCUT2D eigenvalue weighted by Gasteiger charge is 2.09. The zero-order valence-electron chi connectivity index (χ0n) is 30.0. The second kappa shape index (κ2) is 16.3. The molecular weight excluding hydrogens is 621 g/mol. The van der Waals surface area contributed by atoms with Crippen molar-refractivity contribution in [3.63, 3.8) is 0 Å². The van der Waals surface area contributed by atoms with Crippen molar-refractivity contribution in [1.82, 2.24) is 29.9 Å². The van der Waals surface area contributed by atoms with Gasteiger partial charge >= 0.3 is 0 Å². The average Bonchev–Trinajstić information content (AvgIpc) is 3.12. The number of rotatable bonds is 12. The van der Waals surface area contributed by atoms with Crippen LogP contribution in [-0.4, -0.2) is 86.3 Å². The van der Waals surface area contributed by atoms with Crippen molar-refractivity contribution in [2.24, 2.45) is 0 Å². The molecular formula is C40H44N10. The first-order valence-corrected chi connectivity index (χ1v) is 16.2. The largest absolute Gasteiger partial charge is 0.363 e. The molecule has 0 aromatic carbocycles. The van der Waals surface area contributed by atoms with Gasteiger partial charge in [-0.1, -0.05) is 24.3 Å². The van der Waals surface area contributed by atoms with Gasteiger partial charge in [0.2, 0.25) is 0 Å². The van der Waals surface area contributed by atoms with E-state index in [4.69, 9.17) is 9.97 Å². The molecule has 10 heteroatoms. The Bertz CT molecular complexity index is 1680. The van der Waals surface area contributed by atoms with E-state index in [1.54, 1.807) is 0 Å². The van der Waals surface area contributed by atoms with Gasteiger partial charge in [-0.25, -0.2) is 29.9 Å². The zero-order valence-corrected chi connectivity index (χ0v) is 30.0. The summed E-state index contributed by atoms with van der Waals surface area (Å²) in [5.74, 6) is 3.57. The molecule has 0 aliphatic carbocycles. The monoisotopic (exact) mass is 664 g/mol. The highest BCUT2D eigenvalue weighted by atomic mass is 15.1. The van der Waals surface area contributed by atoms with Crippen LogP contribution in [0.2, 0.25) is 0 Å². The Morgan fingerprint density at radius 2 is 0.540 bits per heavy atom. The van der Waals surface area contributed by atoms with E-state index in [1.807, 2.05) is 198 Å².